The van der Waals surface area contributed by atoms with E-state index in [1.807, 2.05) is 0 Å². The third-order valence-electron chi connectivity index (χ3n) is 11.3. The Balaban J connectivity index is 0.991. The van der Waals surface area contributed by atoms with Crippen molar-refractivity contribution in [2.45, 2.75) is 56.8 Å². The van der Waals surface area contributed by atoms with E-state index in [2.05, 4.69) is 36.0 Å². The molecule has 290 valence electrons. The minimum atomic E-state index is -4.65. The van der Waals surface area contributed by atoms with E-state index in [4.69, 9.17) is 25.9 Å². The number of anilines is 1. The summed E-state index contributed by atoms with van der Waals surface area (Å²) in [4.78, 5) is 25.7. The third-order valence-corrected chi connectivity index (χ3v) is 11.3. The molecule has 0 radical (unpaired) electrons. The Bertz CT molecular complexity index is 2390. The van der Waals surface area contributed by atoms with Gasteiger partial charge in [0.15, 0.2) is 5.82 Å². The van der Waals surface area contributed by atoms with Crippen LogP contribution in [0.2, 0.25) is 0 Å². The maximum absolute atomic E-state index is 17.1. The number of terminal acetylenes is 1. The number of phenols is 1. The molecular weight excluding hydrogens is 735 g/mol. The molecule has 5 aromatic rings. The average molecular weight is 773 g/mol. The molecule has 56 heavy (non-hydrogen) atoms. The largest absolute Gasteiger partial charge is 0.508 e. The molecule has 0 bridgehead atoms. The first-order chi connectivity index (χ1) is 27.0. The Morgan fingerprint density at radius 3 is 2.59 bits per heavy atom. The summed E-state index contributed by atoms with van der Waals surface area (Å²) in [5, 5.41) is 15.3. The Morgan fingerprint density at radius 2 is 1.82 bits per heavy atom. The molecule has 3 aliphatic heterocycles. The van der Waals surface area contributed by atoms with Crippen molar-refractivity contribution in [3.8, 4) is 41.2 Å². The predicted octanol–water partition coefficient (Wildman–Crippen LogP) is 6.05. The fraction of sp³-hybridized carbons (Fsp3) is 0.425. The number of ether oxygens (including phenoxy) is 2. The van der Waals surface area contributed by atoms with Gasteiger partial charge in [-0.3, -0.25) is 0 Å². The number of aromatic nitrogens is 5. The van der Waals surface area contributed by atoms with Crippen LogP contribution < -0.4 is 19.7 Å². The number of pyridine rings is 1. The first-order valence-electron chi connectivity index (χ1n) is 18.7. The van der Waals surface area contributed by atoms with Gasteiger partial charge < -0.3 is 29.7 Å². The summed E-state index contributed by atoms with van der Waals surface area (Å²) >= 11 is 0. The fourth-order valence-electron chi connectivity index (χ4n) is 8.31. The van der Waals surface area contributed by atoms with Gasteiger partial charge >= 0.3 is 12.2 Å². The van der Waals surface area contributed by atoms with E-state index in [0.29, 0.717) is 74.3 Å². The highest BCUT2D eigenvalue weighted by atomic mass is 19.4. The van der Waals surface area contributed by atoms with E-state index < -0.39 is 23.6 Å². The van der Waals surface area contributed by atoms with Crippen molar-refractivity contribution in [3.63, 3.8) is 0 Å². The van der Waals surface area contributed by atoms with Crippen LogP contribution in [0.4, 0.5) is 27.8 Å². The van der Waals surface area contributed by atoms with Crippen LogP contribution in [-0.2, 0) is 12.6 Å². The topological polar surface area (TPSA) is 122 Å². The maximum Gasteiger partial charge on any atom is 0.451 e. The van der Waals surface area contributed by atoms with Gasteiger partial charge in [-0.25, -0.2) is 18.7 Å². The normalized spacial score (nSPS) is 19.7. The van der Waals surface area contributed by atoms with Crippen LogP contribution in [-0.4, -0.2) is 92.9 Å². The molecule has 2 saturated heterocycles. The molecule has 0 amide bonds. The number of aryl methyl sites for hydroxylation is 1. The van der Waals surface area contributed by atoms with Gasteiger partial charge in [-0.15, -0.1) is 6.42 Å². The molecule has 1 aliphatic carbocycles. The van der Waals surface area contributed by atoms with Crippen LogP contribution >= 0.6 is 0 Å². The Hall–Kier alpha value is -5.40. The molecule has 6 heterocycles. The minimum absolute atomic E-state index is 0.0253. The number of hydrogen-bond donors (Lipinski definition) is 2. The van der Waals surface area contributed by atoms with Gasteiger partial charge in [-0.1, -0.05) is 12.0 Å². The Kier molecular flexibility index (Phi) is 9.04. The molecule has 1 saturated carbocycles. The van der Waals surface area contributed by atoms with E-state index in [-0.39, 0.29) is 62.9 Å². The number of piperidine rings is 1. The number of halogens is 5. The second-order valence-corrected chi connectivity index (χ2v) is 15.1. The number of alkyl halides is 3. The number of aromatic hydroxyl groups is 1. The molecule has 3 fully saturated rings. The number of piperazine rings is 1. The molecule has 2 aromatic carbocycles. The van der Waals surface area contributed by atoms with Gasteiger partial charge in [0.05, 0.1) is 23.3 Å². The summed E-state index contributed by atoms with van der Waals surface area (Å²) in [5.74, 6) is 0.0700. The molecule has 16 heteroatoms. The number of nitrogens with one attached hydrogen (secondary N) is 1. The SMILES string of the molecule is C#Cc1c(F)ccc2cc(O)cc(-c3nc4c5c(nc(OCC6(CN7CCC(Oc8ccnc(C(F)(F)F)n8)CC7)CC6)nc5c3F)N3CCNCC3CC4)c12. The quantitative estimate of drug-likeness (QED) is 0.142. The highest BCUT2D eigenvalue weighted by Gasteiger charge is 2.46. The first kappa shape index (κ1) is 36.3. The summed E-state index contributed by atoms with van der Waals surface area (Å²) < 4.78 is 83.5. The van der Waals surface area contributed by atoms with Crippen LogP contribution in [0, 0.1) is 29.4 Å². The van der Waals surface area contributed by atoms with E-state index in [0.717, 1.165) is 38.5 Å². The third kappa shape index (κ3) is 6.76. The van der Waals surface area contributed by atoms with Crippen LogP contribution in [0.1, 0.15) is 49.2 Å². The summed E-state index contributed by atoms with van der Waals surface area (Å²) in [6, 6.07) is 6.94. The number of hydrogen-bond acceptors (Lipinski definition) is 11. The lowest BCUT2D eigenvalue weighted by atomic mass is 9.95. The first-order valence-corrected chi connectivity index (χ1v) is 18.7. The van der Waals surface area contributed by atoms with Gasteiger partial charge in [0.25, 0.3) is 0 Å². The summed E-state index contributed by atoms with van der Waals surface area (Å²) in [6.45, 7) is 4.48. The zero-order valence-electron chi connectivity index (χ0n) is 30.2. The van der Waals surface area contributed by atoms with Crippen molar-refractivity contribution in [1.82, 2.24) is 35.1 Å². The van der Waals surface area contributed by atoms with Gasteiger partial charge in [0.2, 0.25) is 11.7 Å². The smallest absolute Gasteiger partial charge is 0.451 e. The van der Waals surface area contributed by atoms with E-state index >= 15 is 8.78 Å². The van der Waals surface area contributed by atoms with E-state index in [1.165, 1.54) is 30.3 Å². The van der Waals surface area contributed by atoms with Gasteiger partial charge in [-0.2, -0.15) is 28.1 Å². The monoisotopic (exact) mass is 772 g/mol. The molecule has 2 N–H and O–H groups in total. The highest BCUT2D eigenvalue weighted by molar-refractivity contribution is 6.03. The average Bonchev–Trinajstić information content (AvgIpc) is 3.98. The van der Waals surface area contributed by atoms with Gasteiger partial charge in [0.1, 0.15) is 34.7 Å². The lowest BCUT2D eigenvalue weighted by molar-refractivity contribution is -0.145. The fourth-order valence-corrected chi connectivity index (χ4v) is 8.31. The number of fused-ring (bicyclic) bond motifs is 3. The van der Waals surface area contributed by atoms with Crippen molar-refractivity contribution in [1.29, 1.82) is 0 Å². The molecule has 4 aliphatic rings. The summed E-state index contributed by atoms with van der Waals surface area (Å²) in [5.41, 5.74) is 0.442. The lowest BCUT2D eigenvalue weighted by Crippen LogP contribution is -2.51. The molecular formula is C40H37F5N8O3. The van der Waals surface area contributed by atoms with Crippen LogP contribution in [0.5, 0.6) is 17.6 Å². The van der Waals surface area contributed by atoms with Crippen molar-refractivity contribution in [2.75, 3.05) is 50.8 Å². The van der Waals surface area contributed by atoms with Gasteiger partial charge in [-0.05, 0) is 62.1 Å². The zero-order valence-corrected chi connectivity index (χ0v) is 30.2. The summed E-state index contributed by atoms with van der Waals surface area (Å²) in [7, 11) is 0. The summed E-state index contributed by atoms with van der Waals surface area (Å²) in [6.07, 6.45) is 6.16. The van der Waals surface area contributed by atoms with Crippen molar-refractivity contribution in [3.05, 3.63) is 65.2 Å². The van der Waals surface area contributed by atoms with Crippen molar-refractivity contribution >= 4 is 27.5 Å². The number of nitrogens with zero attached hydrogens (tertiary/aromatic N) is 7. The molecule has 11 nitrogen and oxygen atoms in total. The Morgan fingerprint density at radius 1 is 1.00 bits per heavy atom. The minimum Gasteiger partial charge on any atom is -0.508 e. The Labute approximate surface area is 318 Å². The zero-order chi connectivity index (χ0) is 38.8. The van der Waals surface area contributed by atoms with Crippen LogP contribution in [0.3, 0.4) is 0 Å². The molecule has 1 atom stereocenters. The molecule has 9 rings (SSSR count). The molecule has 3 aromatic heterocycles. The standard InChI is InChI=1S/C40H37F5N8O3/c1-2-26-28(41)5-3-22-17-24(54)18-27(31(22)26)34-33(42)35-32-29(48-34)6-4-23-19-46-13-16-53(23)36(32)51-38(50-35)55-21-39(10-11-39)20-52-14-8-25(9-15-52)56-30-7-12-47-37(49-30)40(43,44)45/h1,3,5,7,12,17-18,23,25,46,54H,4,6,8-11,13-16,19-21H2. The van der Waals surface area contributed by atoms with E-state index in [1.54, 1.807) is 0 Å². The van der Waals surface area contributed by atoms with E-state index in [9.17, 15) is 18.3 Å². The lowest BCUT2D eigenvalue weighted by Gasteiger charge is -2.36. The molecule has 0 spiro atoms. The number of likely N-dealkylation sites (tertiary alicyclic amines) is 1. The van der Waals surface area contributed by atoms with Gasteiger partial charge in [0, 0.05) is 73.9 Å². The maximum atomic E-state index is 17.1. The number of rotatable bonds is 8. The number of phenolic OH excluding ortho intramolecular Hbond substituents is 1. The number of benzene rings is 2. The van der Waals surface area contributed by atoms with Crippen molar-refractivity contribution < 1.29 is 36.5 Å². The second kappa shape index (κ2) is 14.0. The van der Waals surface area contributed by atoms with Crippen molar-refractivity contribution in [2.24, 2.45) is 5.41 Å². The predicted molar refractivity (Wildman–Crippen MR) is 196 cm³/mol. The highest BCUT2D eigenvalue weighted by Crippen LogP contribution is 2.47. The molecule has 1 unspecified atom stereocenters. The second-order valence-electron chi connectivity index (χ2n) is 15.1. The van der Waals surface area contributed by atoms with Crippen LogP contribution in [0.15, 0.2) is 36.5 Å². The van der Waals surface area contributed by atoms with Crippen LogP contribution in [0.25, 0.3) is 32.9 Å².